The van der Waals surface area contributed by atoms with Crippen molar-refractivity contribution in [3.05, 3.63) is 29.8 Å². The van der Waals surface area contributed by atoms with Crippen molar-refractivity contribution in [3.8, 4) is 0 Å². The first kappa shape index (κ1) is 11.9. The molecule has 1 amide bonds. The van der Waals surface area contributed by atoms with Gasteiger partial charge in [-0.2, -0.15) is 0 Å². The molecule has 0 spiro atoms. The summed E-state index contributed by atoms with van der Waals surface area (Å²) in [5, 5.41) is 0. The van der Waals surface area contributed by atoms with E-state index in [1.54, 1.807) is 0 Å². The van der Waals surface area contributed by atoms with E-state index in [1.807, 2.05) is 18.2 Å². The molecule has 1 fully saturated rings. The van der Waals surface area contributed by atoms with Gasteiger partial charge in [0.25, 0.3) is 0 Å². The molecule has 92 valence electrons. The summed E-state index contributed by atoms with van der Waals surface area (Å²) >= 11 is 0. The Morgan fingerprint density at radius 2 is 1.94 bits per heavy atom. The standard InChI is InChI=1S/C13H19N3O/c14-12-4-2-1-3-11(12)10-5-7-16(8-6-10)9-13(15)17/h1-4,10H,5-9,14H2,(H2,15,17). The number of piperidine rings is 1. The Labute approximate surface area is 102 Å². The zero-order chi connectivity index (χ0) is 12.3. The summed E-state index contributed by atoms with van der Waals surface area (Å²) in [6, 6.07) is 8.04. The van der Waals surface area contributed by atoms with Crippen molar-refractivity contribution >= 4 is 11.6 Å². The molecule has 1 saturated heterocycles. The van der Waals surface area contributed by atoms with E-state index in [-0.39, 0.29) is 5.91 Å². The smallest absolute Gasteiger partial charge is 0.231 e. The Balaban J connectivity index is 1.95. The second-order valence-electron chi connectivity index (χ2n) is 4.65. The molecule has 1 aromatic rings. The van der Waals surface area contributed by atoms with E-state index >= 15 is 0 Å². The minimum atomic E-state index is -0.248. The molecule has 17 heavy (non-hydrogen) atoms. The van der Waals surface area contributed by atoms with E-state index in [2.05, 4.69) is 11.0 Å². The van der Waals surface area contributed by atoms with Crippen LogP contribution < -0.4 is 11.5 Å². The lowest BCUT2D eigenvalue weighted by Crippen LogP contribution is -2.39. The fraction of sp³-hybridized carbons (Fsp3) is 0.462. The highest BCUT2D eigenvalue weighted by Crippen LogP contribution is 2.31. The number of likely N-dealkylation sites (tertiary alicyclic amines) is 1. The van der Waals surface area contributed by atoms with Gasteiger partial charge >= 0.3 is 0 Å². The van der Waals surface area contributed by atoms with Gasteiger partial charge in [-0.05, 0) is 43.5 Å². The van der Waals surface area contributed by atoms with E-state index in [9.17, 15) is 4.79 Å². The summed E-state index contributed by atoms with van der Waals surface area (Å²) in [7, 11) is 0. The lowest BCUT2D eigenvalue weighted by atomic mass is 9.88. The molecule has 0 bridgehead atoms. The predicted molar refractivity (Wildman–Crippen MR) is 68.5 cm³/mol. The number of nitrogen functional groups attached to an aromatic ring is 1. The van der Waals surface area contributed by atoms with Gasteiger partial charge in [-0.3, -0.25) is 9.69 Å². The number of anilines is 1. The minimum absolute atomic E-state index is 0.248. The quantitative estimate of drug-likeness (QED) is 0.763. The number of nitrogens with zero attached hydrogens (tertiary/aromatic N) is 1. The van der Waals surface area contributed by atoms with Crippen LogP contribution in [-0.2, 0) is 4.79 Å². The fourth-order valence-electron chi connectivity index (χ4n) is 2.51. The van der Waals surface area contributed by atoms with Gasteiger partial charge in [0.05, 0.1) is 6.54 Å². The molecule has 1 aliphatic heterocycles. The lowest BCUT2D eigenvalue weighted by molar-refractivity contribution is -0.119. The van der Waals surface area contributed by atoms with Crippen LogP contribution in [0.4, 0.5) is 5.69 Å². The number of hydrogen-bond donors (Lipinski definition) is 2. The van der Waals surface area contributed by atoms with Crippen molar-refractivity contribution in [2.45, 2.75) is 18.8 Å². The molecule has 1 aromatic carbocycles. The third-order valence-corrected chi connectivity index (χ3v) is 3.40. The van der Waals surface area contributed by atoms with Crippen LogP contribution in [0.1, 0.15) is 24.3 Å². The van der Waals surface area contributed by atoms with Gasteiger partial charge in [-0.15, -0.1) is 0 Å². The number of primary amides is 1. The van der Waals surface area contributed by atoms with Gasteiger partial charge < -0.3 is 11.5 Å². The maximum Gasteiger partial charge on any atom is 0.231 e. The predicted octanol–water partition coefficient (Wildman–Crippen LogP) is 0.933. The van der Waals surface area contributed by atoms with Gasteiger partial charge in [-0.1, -0.05) is 18.2 Å². The minimum Gasteiger partial charge on any atom is -0.398 e. The Morgan fingerprint density at radius 1 is 1.29 bits per heavy atom. The molecular formula is C13H19N3O. The average molecular weight is 233 g/mol. The summed E-state index contributed by atoms with van der Waals surface area (Å²) < 4.78 is 0. The van der Waals surface area contributed by atoms with Crippen molar-refractivity contribution in [2.75, 3.05) is 25.4 Å². The number of hydrogen-bond acceptors (Lipinski definition) is 3. The Kier molecular flexibility index (Phi) is 3.64. The van der Waals surface area contributed by atoms with Crippen LogP contribution >= 0.6 is 0 Å². The summed E-state index contributed by atoms with van der Waals surface area (Å²) in [6.07, 6.45) is 2.09. The summed E-state index contributed by atoms with van der Waals surface area (Å²) in [6.45, 7) is 2.21. The second kappa shape index (κ2) is 5.19. The molecule has 0 radical (unpaired) electrons. The van der Waals surface area contributed by atoms with E-state index in [0.29, 0.717) is 12.5 Å². The zero-order valence-electron chi connectivity index (χ0n) is 9.93. The number of para-hydroxylation sites is 1. The van der Waals surface area contributed by atoms with E-state index in [0.717, 1.165) is 31.6 Å². The van der Waals surface area contributed by atoms with Gasteiger partial charge in [0, 0.05) is 5.69 Å². The van der Waals surface area contributed by atoms with Crippen LogP contribution in [0.2, 0.25) is 0 Å². The van der Waals surface area contributed by atoms with Gasteiger partial charge in [-0.25, -0.2) is 0 Å². The van der Waals surface area contributed by atoms with Gasteiger partial charge in [0.1, 0.15) is 0 Å². The number of benzene rings is 1. The highest BCUT2D eigenvalue weighted by molar-refractivity contribution is 5.75. The SMILES string of the molecule is NC(=O)CN1CCC(c2ccccc2N)CC1. The highest BCUT2D eigenvalue weighted by Gasteiger charge is 2.22. The number of rotatable bonds is 3. The van der Waals surface area contributed by atoms with Gasteiger partial charge in [0.15, 0.2) is 0 Å². The lowest BCUT2D eigenvalue weighted by Gasteiger charge is -2.31. The Bertz CT molecular complexity index is 397. The number of amides is 1. The molecule has 0 aliphatic carbocycles. The third kappa shape index (κ3) is 2.97. The average Bonchev–Trinajstić information content (AvgIpc) is 2.30. The molecule has 0 unspecified atom stereocenters. The van der Waals surface area contributed by atoms with Crippen molar-refractivity contribution in [2.24, 2.45) is 5.73 Å². The van der Waals surface area contributed by atoms with Crippen LogP contribution in [0, 0.1) is 0 Å². The maximum absolute atomic E-state index is 10.8. The third-order valence-electron chi connectivity index (χ3n) is 3.40. The zero-order valence-corrected chi connectivity index (χ0v) is 9.93. The molecule has 1 aliphatic rings. The van der Waals surface area contributed by atoms with Crippen LogP contribution in [0.15, 0.2) is 24.3 Å². The maximum atomic E-state index is 10.8. The van der Waals surface area contributed by atoms with E-state index in [1.165, 1.54) is 5.56 Å². The topological polar surface area (TPSA) is 72.4 Å². The number of carbonyl (C=O) groups is 1. The summed E-state index contributed by atoms with van der Waals surface area (Å²) in [5.41, 5.74) is 13.3. The van der Waals surface area contributed by atoms with Crippen molar-refractivity contribution in [1.82, 2.24) is 4.90 Å². The molecule has 2 rings (SSSR count). The molecule has 4 nitrogen and oxygen atoms in total. The molecule has 0 saturated carbocycles. The van der Waals surface area contributed by atoms with E-state index in [4.69, 9.17) is 11.5 Å². The summed E-state index contributed by atoms with van der Waals surface area (Å²) in [4.78, 5) is 12.9. The first-order valence-corrected chi connectivity index (χ1v) is 6.02. The van der Waals surface area contributed by atoms with Crippen molar-refractivity contribution < 1.29 is 4.79 Å². The Morgan fingerprint density at radius 3 is 2.53 bits per heavy atom. The van der Waals surface area contributed by atoms with Crippen LogP contribution in [0.3, 0.4) is 0 Å². The van der Waals surface area contributed by atoms with Crippen LogP contribution in [-0.4, -0.2) is 30.4 Å². The highest BCUT2D eigenvalue weighted by atomic mass is 16.1. The molecule has 0 atom stereocenters. The normalized spacial score (nSPS) is 18.1. The van der Waals surface area contributed by atoms with Crippen molar-refractivity contribution in [3.63, 3.8) is 0 Å². The first-order chi connectivity index (χ1) is 8.16. The first-order valence-electron chi connectivity index (χ1n) is 6.02. The molecule has 4 N–H and O–H groups in total. The number of nitrogens with two attached hydrogens (primary N) is 2. The van der Waals surface area contributed by atoms with Gasteiger partial charge in [0.2, 0.25) is 5.91 Å². The Hall–Kier alpha value is -1.55. The largest absolute Gasteiger partial charge is 0.398 e. The fourth-order valence-corrected chi connectivity index (χ4v) is 2.51. The molecule has 1 heterocycles. The van der Waals surface area contributed by atoms with Crippen LogP contribution in [0.25, 0.3) is 0 Å². The monoisotopic (exact) mass is 233 g/mol. The van der Waals surface area contributed by atoms with Crippen LogP contribution in [0.5, 0.6) is 0 Å². The summed E-state index contributed by atoms with van der Waals surface area (Å²) in [5.74, 6) is 0.267. The molecular weight excluding hydrogens is 214 g/mol. The van der Waals surface area contributed by atoms with E-state index < -0.39 is 0 Å². The second-order valence-corrected chi connectivity index (χ2v) is 4.65. The molecule has 0 aromatic heterocycles. The van der Waals surface area contributed by atoms with Crippen molar-refractivity contribution in [1.29, 1.82) is 0 Å². The number of carbonyl (C=O) groups excluding carboxylic acids is 1. The molecule has 4 heteroatoms.